The molecule has 0 bridgehead atoms. The second kappa shape index (κ2) is 7.14. The van der Waals surface area contributed by atoms with Crippen molar-refractivity contribution >= 4 is 11.6 Å². The quantitative estimate of drug-likeness (QED) is 0.889. The van der Waals surface area contributed by atoms with E-state index >= 15 is 0 Å². The van der Waals surface area contributed by atoms with Crippen LogP contribution in [-0.4, -0.2) is 50.5 Å². The van der Waals surface area contributed by atoms with Crippen LogP contribution in [0.5, 0.6) is 0 Å². The molecule has 2 fully saturated rings. The minimum Gasteiger partial charge on any atom is -0.335 e. The third-order valence-corrected chi connectivity index (χ3v) is 5.98. The smallest absolute Gasteiger partial charge is 0.267 e. The Morgan fingerprint density at radius 2 is 2.07 bits per heavy atom. The number of nitrogens with two attached hydrogens (primary N) is 1. The number of carbonyl (C=O) groups excluding carboxylic acids is 1. The Morgan fingerprint density at radius 3 is 2.78 bits per heavy atom. The molecule has 0 radical (unpaired) electrons. The highest BCUT2D eigenvalue weighted by Gasteiger charge is 2.41. The van der Waals surface area contributed by atoms with E-state index in [9.17, 15) is 13.6 Å². The van der Waals surface area contributed by atoms with Crippen molar-refractivity contribution < 1.29 is 13.6 Å². The molecule has 0 aromatic carbocycles. The molecule has 2 aromatic heterocycles. The molecule has 1 aliphatic heterocycles. The Bertz CT molecular complexity index is 815. The van der Waals surface area contributed by atoms with Crippen LogP contribution < -0.4 is 5.73 Å². The van der Waals surface area contributed by atoms with Gasteiger partial charge in [-0.15, -0.1) is 0 Å². The van der Waals surface area contributed by atoms with Crippen molar-refractivity contribution in [1.82, 2.24) is 19.5 Å². The summed E-state index contributed by atoms with van der Waals surface area (Å²) < 4.78 is 28.5. The molecule has 0 spiro atoms. The first-order valence-electron chi connectivity index (χ1n) is 9.64. The molecule has 1 saturated carbocycles. The van der Waals surface area contributed by atoms with Crippen LogP contribution in [0.25, 0.3) is 5.65 Å². The van der Waals surface area contributed by atoms with E-state index in [-0.39, 0.29) is 18.9 Å². The van der Waals surface area contributed by atoms with Crippen molar-refractivity contribution in [3.05, 3.63) is 30.2 Å². The fourth-order valence-corrected chi connectivity index (χ4v) is 4.49. The molecule has 6 nitrogen and oxygen atoms in total. The first kappa shape index (κ1) is 18.3. The first-order chi connectivity index (χ1) is 12.9. The van der Waals surface area contributed by atoms with Gasteiger partial charge >= 0.3 is 0 Å². The molecule has 2 aromatic rings. The summed E-state index contributed by atoms with van der Waals surface area (Å²) in [6.45, 7) is -0.387. The number of alkyl halides is 2. The normalized spacial score (nSPS) is 26.4. The topological polar surface area (TPSA) is 76.5 Å². The number of pyridine rings is 1. The molecule has 1 atom stereocenters. The fourth-order valence-electron chi connectivity index (χ4n) is 4.49. The third kappa shape index (κ3) is 3.81. The lowest BCUT2D eigenvalue weighted by Gasteiger charge is -2.31. The second-order valence-electron chi connectivity index (χ2n) is 7.91. The number of hydrogen-bond acceptors (Lipinski definition) is 4. The van der Waals surface area contributed by atoms with Crippen LogP contribution in [0.15, 0.2) is 24.5 Å². The number of rotatable bonds is 4. The predicted octanol–water partition coefficient (Wildman–Crippen LogP) is 2.59. The summed E-state index contributed by atoms with van der Waals surface area (Å²) in [6, 6.07) is 5.36. The molecule has 0 unspecified atom stereocenters. The lowest BCUT2D eigenvalue weighted by atomic mass is 9.78. The van der Waals surface area contributed by atoms with Gasteiger partial charge in [0, 0.05) is 24.6 Å². The largest absolute Gasteiger partial charge is 0.335 e. The van der Waals surface area contributed by atoms with E-state index in [1.54, 1.807) is 6.33 Å². The average molecular weight is 377 g/mol. The number of likely N-dealkylation sites (tertiary alicyclic amines) is 1. The second-order valence-corrected chi connectivity index (χ2v) is 7.91. The number of carbonyl (C=O) groups is 1. The zero-order chi connectivity index (χ0) is 19.0. The summed E-state index contributed by atoms with van der Waals surface area (Å²) in [5.41, 5.74) is 8.09. The standard InChI is InChI=1S/C19H25F2N5O/c20-19(21)8-9-25(11-19)18(27)15(22)10-13-4-6-14(7-5-13)16-2-1-3-17-23-12-24-26(16)17/h1-3,12-15H,4-11,22H2/t13?,14?,15-/m0/s1. The molecule has 146 valence electrons. The van der Waals surface area contributed by atoms with Crippen molar-refractivity contribution in [1.29, 1.82) is 0 Å². The third-order valence-electron chi connectivity index (χ3n) is 5.98. The molecule has 3 heterocycles. The molecule has 1 amide bonds. The Balaban J connectivity index is 1.32. The van der Waals surface area contributed by atoms with Gasteiger partial charge in [0.15, 0.2) is 5.65 Å². The van der Waals surface area contributed by atoms with E-state index in [0.717, 1.165) is 31.3 Å². The van der Waals surface area contributed by atoms with E-state index in [1.165, 1.54) is 10.6 Å². The van der Waals surface area contributed by atoms with Gasteiger partial charge in [0.2, 0.25) is 5.91 Å². The zero-order valence-corrected chi connectivity index (χ0v) is 15.2. The van der Waals surface area contributed by atoms with E-state index in [0.29, 0.717) is 18.3 Å². The van der Waals surface area contributed by atoms with Crippen LogP contribution in [0.3, 0.4) is 0 Å². The van der Waals surface area contributed by atoms with Crippen LogP contribution >= 0.6 is 0 Å². The molecule has 2 N–H and O–H groups in total. The van der Waals surface area contributed by atoms with Crippen LogP contribution in [0.2, 0.25) is 0 Å². The molecule has 8 heteroatoms. The van der Waals surface area contributed by atoms with Gasteiger partial charge in [0.05, 0.1) is 12.6 Å². The summed E-state index contributed by atoms with van der Waals surface area (Å²) in [7, 11) is 0. The molecular formula is C19H25F2N5O. The fraction of sp³-hybridized carbons (Fsp3) is 0.632. The van der Waals surface area contributed by atoms with Gasteiger partial charge in [-0.1, -0.05) is 6.07 Å². The van der Waals surface area contributed by atoms with Gasteiger partial charge in [0.1, 0.15) is 6.33 Å². The van der Waals surface area contributed by atoms with Gasteiger partial charge in [-0.25, -0.2) is 18.3 Å². The summed E-state index contributed by atoms with van der Waals surface area (Å²) in [5.74, 6) is -2.33. The maximum atomic E-state index is 13.3. The number of halogens is 2. The molecule has 1 aliphatic carbocycles. The van der Waals surface area contributed by atoms with Gasteiger partial charge < -0.3 is 10.6 Å². The predicted molar refractivity (Wildman–Crippen MR) is 96.4 cm³/mol. The zero-order valence-electron chi connectivity index (χ0n) is 15.2. The van der Waals surface area contributed by atoms with E-state index in [2.05, 4.69) is 16.1 Å². The number of fused-ring (bicyclic) bond motifs is 1. The summed E-state index contributed by atoms with van der Waals surface area (Å²) in [6.07, 6.45) is 5.85. The van der Waals surface area contributed by atoms with Crippen LogP contribution in [-0.2, 0) is 4.79 Å². The highest BCUT2D eigenvalue weighted by atomic mass is 19.3. The van der Waals surface area contributed by atoms with Gasteiger partial charge in [-0.2, -0.15) is 5.10 Å². The Hall–Kier alpha value is -2.09. The Kier molecular flexibility index (Phi) is 4.84. The van der Waals surface area contributed by atoms with Crippen molar-refractivity contribution in [3.8, 4) is 0 Å². The van der Waals surface area contributed by atoms with Crippen molar-refractivity contribution in [3.63, 3.8) is 0 Å². The Labute approximate surface area is 156 Å². The van der Waals surface area contributed by atoms with Crippen molar-refractivity contribution in [2.45, 2.75) is 56.4 Å². The number of aromatic nitrogens is 3. The lowest BCUT2D eigenvalue weighted by molar-refractivity contribution is -0.133. The molecule has 2 aliphatic rings. The molecular weight excluding hydrogens is 352 g/mol. The summed E-state index contributed by atoms with van der Waals surface area (Å²) in [4.78, 5) is 17.8. The first-order valence-corrected chi connectivity index (χ1v) is 9.64. The van der Waals surface area contributed by atoms with E-state index < -0.39 is 18.5 Å². The van der Waals surface area contributed by atoms with Crippen molar-refractivity contribution in [2.24, 2.45) is 11.7 Å². The van der Waals surface area contributed by atoms with E-state index in [4.69, 9.17) is 5.73 Å². The number of hydrogen-bond donors (Lipinski definition) is 1. The minimum atomic E-state index is -2.77. The Morgan fingerprint density at radius 1 is 1.30 bits per heavy atom. The maximum Gasteiger partial charge on any atom is 0.267 e. The van der Waals surface area contributed by atoms with Crippen LogP contribution in [0.4, 0.5) is 8.78 Å². The summed E-state index contributed by atoms with van der Waals surface area (Å²) in [5, 5.41) is 4.31. The van der Waals surface area contributed by atoms with E-state index in [1.807, 2.05) is 16.6 Å². The van der Waals surface area contributed by atoms with Gasteiger partial charge in [-0.05, 0) is 50.2 Å². The maximum absolute atomic E-state index is 13.3. The van der Waals surface area contributed by atoms with Gasteiger partial charge in [0.25, 0.3) is 5.92 Å². The monoisotopic (exact) mass is 377 g/mol. The SMILES string of the molecule is N[C@@H](CC1CCC(c2cccc3ncnn23)CC1)C(=O)N1CCC(F)(F)C1. The van der Waals surface area contributed by atoms with Gasteiger partial charge in [-0.3, -0.25) is 4.79 Å². The van der Waals surface area contributed by atoms with Crippen molar-refractivity contribution in [2.75, 3.05) is 13.1 Å². The average Bonchev–Trinajstić information content (AvgIpc) is 3.27. The molecule has 4 rings (SSSR count). The summed E-state index contributed by atoms with van der Waals surface area (Å²) >= 11 is 0. The van der Waals surface area contributed by atoms with Crippen LogP contribution in [0, 0.1) is 5.92 Å². The lowest BCUT2D eigenvalue weighted by Crippen LogP contribution is -2.44. The molecule has 27 heavy (non-hydrogen) atoms. The number of amides is 1. The minimum absolute atomic E-state index is 0.105. The highest BCUT2D eigenvalue weighted by Crippen LogP contribution is 2.37. The number of nitrogens with zero attached hydrogens (tertiary/aromatic N) is 4. The van der Waals surface area contributed by atoms with Crippen LogP contribution in [0.1, 0.15) is 50.1 Å². The molecule has 1 saturated heterocycles. The highest BCUT2D eigenvalue weighted by molar-refractivity contribution is 5.82.